The van der Waals surface area contributed by atoms with Crippen LogP contribution in [0.25, 0.3) is 0 Å². The van der Waals surface area contributed by atoms with Crippen LogP contribution in [0.1, 0.15) is 113 Å². The first-order valence-electron chi connectivity index (χ1n) is 16.8. The summed E-state index contributed by atoms with van der Waals surface area (Å²) in [7, 11) is 0. The maximum Gasteiger partial charge on any atom is 0.315 e. The van der Waals surface area contributed by atoms with Crippen molar-refractivity contribution in [2.45, 2.75) is 137 Å². The third kappa shape index (κ3) is 7.22. The van der Waals surface area contributed by atoms with Gasteiger partial charge in [0, 0.05) is 23.9 Å². The molecule has 5 N–H and O–H groups in total. The standard InChI is InChI=1S/C34H55N5O6/c1-31(2,3)21(40)17-34(15-10-9-11-16-34)38-30(45)37-26(32(4,5)6)29(44)39-18-20-22(33(20,7)8)24(39)28(43)36-23(19-13-12-14-19)25(41)27(35)42/h19-20,22-24,26H,9-18H2,1-8H3,(H2,35,42)(H,36,43)(H2,37,38,45)/t20-,22-,23?,24-,26+/m0/s1. The average molecular weight is 630 g/mol. The van der Waals surface area contributed by atoms with Crippen LogP contribution in [0, 0.1) is 34.0 Å². The van der Waals surface area contributed by atoms with E-state index in [2.05, 4.69) is 29.8 Å². The molecule has 11 heteroatoms. The minimum atomic E-state index is -1.08. The van der Waals surface area contributed by atoms with E-state index in [1.165, 1.54) is 0 Å². The summed E-state index contributed by atoms with van der Waals surface area (Å²) in [6, 6.07) is -3.31. The number of Topliss-reactive ketones (excluding diaryl/α,β-unsaturated/α-hetero) is 2. The molecule has 0 aromatic heterocycles. The third-order valence-corrected chi connectivity index (χ3v) is 11.1. The van der Waals surface area contributed by atoms with Crippen LogP contribution in [-0.4, -0.2) is 70.4 Å². The number of primary amides is 1. The molecular weight excluding hydrogens is 574 g/mol. The van der Waals surface area contributed by atoms with E-state index in [9.17, 15) is 28.8 Å². The predicted octanol–water partition coefficient (Wildman–Crippen LogP) is 3.23. The first-order valence-corrected chi connectivity index (χ1v) is 16.8. The second-order valence-corrected chi connectivity index (χ2v) is 16.9. The number of ketones is 2. The van der Waals surface area contributed by atoms with Crippen LogP contribution in [0.15, 0.2) is 0 Å². The molecule has 11 nitrogen and oxygen atoms in total. The van der Waals surface area contributed by atoms with Gasteiger partial charge < -0.3 is 26.6 Å². The van der Waals surface area contributed by atoms with Crippen molar-refractivity contribution in [3.05, 3.63) is 0 Å². The Hall–Kier alpha value is -2.98. The van der Waals surface area contributed by atoms with Gasteiger partial charge in [0.25, 0.3) is 5.91 Å². The number of carbonyl (C=O) groups is 6. The summed E-state index contributed by atoms with van der Waals surface area (Å²) >= 11 is 0. The van der Waals surface area contributed by atoms with Gasteiger partial charge >= 0.3 is 6.03 Å². The van der Waals surface area contributed by atoms with Crippen molar-refractivity contribution < 1.29 is 28.8 Å². The molecule has 1 unspecified atom stereocenters. The van der Waals surface area contributed by atoms with Crippen LogP contribution in [0.5, 0.6) is 0 Å². The smallest absolute Gasteiger partial charge is 0.315 e. The summed E-state index contributed by atoms with van der Waals surface area (Å²) < 4.78 is 0. The lowest BCUT2D eigenvalue weighted by Crippen LogP contribution is -2.63. The van der Waals surface area contributed by atoms with Crippen molar-refractivity contribution in [3.8, 4) is 0 Å². The van der Waals surface area contributed by atoms with Crippen LogP contribution in [0.3, 0.4) is 0 Å². The van der Waals surface area contributed by atoms with Gasteiger partial charge in [0.2, 0.25) is 17.6 Å². The molecule has 0 aromatic rings. The molecule has 1 saturated heterocycles. The monoisotopic (exact) mass is 629 g/mol. The molecule has 252 valence electrons. The van der Waals surface area contributed by atoms with E-state index < -0.39 is 58.1 Å². The van der Waals surface area contributed by atoms with E-state index in [0.29, 0.717) is 32.2 Å². The molecule has 45 heavy (non-hydrogen) atoms. The van der Waals surface area contributed by atoms with Crippen molar-refractivity contribution in [3.63, 3.8) is 0 Å². The van der Waals surface area contributed by atoms with Gasteiger partial charge in [0.05, 0.1) is 0 Å². The summed E-state index contributed by atoms with van der Waals surface area (Å²) in [5, 5.41) is 8.87. The zero-order chi connectivity index (χ0) is 33.7. The van der Waals surface area contributed by atoms with E-state index >= 15 is 0 Å². The topological polar surface area (TPSA) is 168 Å². The average Bonchev–Trinajstić information content (AvgIpc) is 3.21. The number of hydrogen-bond acceptors (Lipinski definition) is 6. The molecule has 1 heterocycles. The molecule has 4 aliphatic rings. The molecule has 1 aliphatic heterocycles. The molecule has 3 aliphatic carbocycles. The molecular formula is C34H55N5O6. The Morgan fingerprint density at radius 2 is 1.49 bits per heavy atom. The SMILES string of the molecule is CC(C)(C)C(=O)CC1(NC(=O)N[C@H](C(=O)N2C[C@H]3[C@@H]([C@H]2C(=O)NC(C(=O)C(N)=O)C2CCC2)C3(C)C)C(C)(C)C)CCCCC1. The molecule has 4 fully saturated rings. The largest absolute Gasteiger partial charge is 0.363 e. The minimum Gasteiger partial charge on any atom is -0.363 e. The van der Waals surface area contributed by atoms with Gasteiger partial charge in [0.1, 0.15) is 23.9 Å². The van der Waals surface area contributed by atoms with E-state index in [-0.39, 0.29) is 41.3 Å². The fourth-order valence-electron chi connectivity index (χ4n) is 7.75. The van der Waals surface area contributed by atoms with E-state index in [1.807, 2.05) is 41.5 Å². The number of carbonyl (C=O) groups excluding carboxylic acids is 6. The van der Waals surface area contributed by atoms with Gasteiger partial charge in [-0.1, -0.05) is 81.1 Å². The number of nitrogens with one attached hydrogen (secondary N) is 3. The zero-order valence-electron chi connectivity index (χ0n) is 28.5. The summed E-state index contributed by atoms with van der Waals surface area (Å²) in [6.45, 7) is 15.7. The fourth-order valence-corrected chi connectivity index (χ4v) is 7.75. The maximum absolute atomic E-state index is 14.3. The Labute approximate surface area is 267 Å². The van der Waals surface area contributed by atoms with Crippen LogP contribution in [0.2, 0.25) is 0 Å². The van der Waals surface area contributed by atoms with E-state index in [0.717, 1.165) is 25.7 Å². The number of rotatable bonds is 10. The highest BCUT2D eigenvalue weighted by Crippen LogP contribution is 2.65. The normalized spacial score (nSPS) is 26.8. The molecule has 0 aromatic carbocycles. The van der Waals surface area contributed by atoms with Crippen molar-refractivity contribution in [1.82, 2.24) is 20.9 Å². The maximum atomic E-state index is 14.3. The molecule has 0 bridgehead atoms. The first-order chi connectivity index (χ1) is 20.7. The van der Waals surface area contributed by atoms with Gasteiger partial charge in [-0.05, 0) is 54.3 Å². The molecule has 0 spiro atoms. The van der Waals surface area contributed by atoms with Crippen LogP contribution in [-0.2, 0) is 24.0 Å². The van der Waals surface area contributed by atoms with Gasteiger partial charge in [-0.25, -0.2) is 4.79 Å². The van der Waals surface area contributed by atoms with Gasteiger partial charge in [-0.2, -0.15) is 0 Å². The molecule has 5 amide bonds. The summed E-state index contributed by atoms with van der Waals surface area (Å²) in [6.07, 6.45) is 6.79. The number of piperidine rings is 1. The highest BCUT2D eigenvalue weighted by Gasteiger charge is 2.70. The number of urea groups is 1. The van der Waals surface area contributed by atoms with Crippen molar-refractivity contribution >= 4 is 35.3 Å². The number of fused-ring (bicyclic) bond motifs is 1. The number of hydrogen-bond donors (Lipinski definition) is 4. The highest BCUT2D eigenvalue weighted by molar-refractivity contribution is 6.38. The lowest BCUT2D eigenvalue weighted by molar-refractivity contribution is -0.145. The number of nitrogens with zero attached hydrogens (tertiary/aromatic N) is 1. The van der Waals surface area contributed by atoms with Crippen molar-refractivity contribution in [2.75, 3.05) is 6.54 Å². The van der Waals surface area contributed by atoms with Crippen LogP contribution < -0.4 is 21.7 Å². The molecule has 5 atom stereocenters. The lowest BCUT2D eigenvalue weighted by Gasteiger charge is -2.41. The number of nitrogens with two attached hydrogens (primary N) is 1. The van der Waals surface area contributed by atoms with Crippen LogP contribution >= 0.6 is 0 Å². The molecule has 3 saturated carbocycles. The molecule has 4 rings (SSSR count). The van der Waals surface area contributed by atoms with Gasteiger partial charge in [-0.3, -0.25) is 24.0 Å². The number of likely N-dealkylation sites (tertiary alicyclic amines) is 1. The molecule has 0 radical (unpaired) electrons. The second kappa shape index (κ2) is 12.3. The lowest BCUT2D eigenvalue weighted by atomic mass is 9.74. The summed E-state index contributed by atoms with van der Waals surface area (Å²) in [4.78, 5) is 81.0. The summed E-state index contributed by atoms with van der Waals surface area (Å²) in [5.41, 5.74) is 3.24. The quantitative estimate of drug-likeness (QED) is 0.271. The number of amides is 5. The Kier molecular flexibility index (Phi) is 9.55. The second-order valence-electron chi connectivity index (χ2n) is 16.9. The van der Waals surface area contributed by atoms with Crippen molar-refractivity contribution in [1.29, 1.82) is 0 Å². The van der Waals surface area contributed by atoms with E-state index in [4.69, 9.17) is 5.73 Å². The zero-order valence-corrected chi connectivity index (χ0v) is 28.5. The van der Waals surface area contributed by atoms with Crippen molar-refractivity contribution in [2.24, 2.45) is 39.7 Å². The van der Waals surface area contributed by atoms with Gasteiger partial charge in [0.15, 0.2) is 0 Å². The minimum absolute atomic E-state index is 0.0796. The fraction of sp³-hybridized carbons (Fsp3) is 0.824. The Balaban J connectivity index is 1.54. The van der Waals surface area contributed by atoms with Gasteiger partial charge in [-0.15, -0.1) is 0 Å². The summed E-state index contributed by atoms with van der Waals surface area (Å²) in [5.74, 6) is -2.84. The van der Waals surface area contributed by atoms with E-state index in [1.54, 1.807) is 4.90 Å². The van der Waals surface area contributed by atoms with Crippen LogP contribution in [0.4, 0.5) is 4.79 Å². The highest BCUT2D eigenvalue weighted by atomic mass is 16.2. The predicted molar refractivity (Wildman–Crippen MR) is 170 cm³/mol. The Morgan fingerprint density at radius 1 is 0.889 bits per heavy atom. The first kappa shape index (κ1) is 34.9. The third-order valence-electron chi connectivity index (χ3n) is 11.1. The Bertz CT molecular complexity index is 1220. The Morgan fingerprint density at radius 3 is 1.98 bits per heavy atom.